The lowest BCUT2D eigenvalue weighted by Crippen LogP contribution is -2.22. The van der Waals surface area contributed by atoms with E-state index in [0.29, 0.717) is 5.56 Å². The van der Waals surface area contributed by atoms with Crippen LogP contribution in [0.1, 0.15) is 23.1 Å². The molecule has 7 heteroatoms. The smallest absolute Gasteiger partial charge is 0.388 e. The van der Waals surface area contributed by atoms with Crippen molar-refractivity contribution in [1.82, 2.24) is 4.98 Å². The Bertz CT molecular complexity index is 749. The molecular weight excluding hydrogens is 314 g/mol. The molecule has 1 aromatic carbocycles. The van der Waals surface area contributed by atoms with Crippen LogP contribution in [-0.2, 0) is 19.4 Å². The monoisotopic (exact) mass is 332 g/mol. The van der Waals surface area contributed by atoms with Crippen LogP contribution in [0.25, 0.3) is 0 Å². The second-order valence-electron chi connectivity index (χ2n) is 5.54. The first-order valence-corrected chi connectivity index (χ1v) is 7.68. The molecular formula is C17H18F2N4O. The van der Waals surface area contributed by atoms with Crippen LogP contribution in [0.2, 0.25) is 0 Å². The zero-order valence-electron chi connectivity index (χ0n) is 13.0. The number of benzene rings is 1. The first kappa shape index (κ1) is 16.2. The van der Waals surface area contributed by atoms with E-state index in [1.807, 2.05) is 6.07 Å². The predicted molar refractivity (Wildman–Crippen MR) is 88.3 cm³/mol. The van der Waals surface area contributed by atoms with Crippen LogP contribution in [0, 0.1) is 0 Å². The van der Waals surface area contributed by atoms with Gasteiger partial charge in [-0.1, -0.05) is 6.07 Å². The van der Waals surface area contributed by atoms with Crippen molar-refractivity contribution in [3.8, 4) is 5.88 Å². The number of guanidine groups is 1. The lowest BCUT2D eigenvalue weighted by atomic mass is 10.1. The van der Waals surface area contributed by atoms with Crippen LogP contribution in [0.15, 0.2) is 41.5 Å². The molecule has 3 N–H and O–H groups in total. The summed E-state index contributed by atoms with van der Waals surface area (Å²) in [5.41, 5.74) is 10.2. The van der Waals surface area contributed by atoms with Gasteiger partial charge in [0.25, 0.3) is 0 Å². The number of pyridine rings is 1. The Morgan fingerprint density at radius 2 is 2.08 bits per heavy atom. The van der Waals surface area contributed by atoms with Crippen molar-refractivity contribution >= 4 is 11.6 Å². The molecule has 0 amide bonds. The summed E-state index contributed by atoms with van der Waals surface area (Å²) in [6.45, 7) is -2.66. The highest BCUT2D eigenvalue weighted by molar-refractivity contribution is 5.92. The van der Waals surface area contributed by atoms with Gasteiger partial charge < -0.3 is 15.8 Å². The molecule has 0 radical (unpaired) electrons. The molecule has 1 heterocycles. The number of aliphatic imine (C=N–C) groups is 1. The number of aryl methyl sites for hydroxylation is 2. The van der Waals surface area contributed by atoms with Gasteiger partial charge in [0.05, 0.1) is 6.54 Å². The summed E-state index contributed by atoms with van der Waals surface area (Å²) in [5.74, 6) is 0.129. The van der Waals surface area contributed by atoms with Crippen molar-refractivity contribution in [1.29, 1.82) is 0 Å². The van der Waals surface area contributed by atoms with E-state index in [-0.39, 0.29) is 18.4 Å². The van der Waals surface area contributed by atoms with Gasteiger partial charge in [-0.25, -0.2) is 9.98 Å². The van der Waals surface area contributed by atoms with Crippen molar-refractivity contribution in [2.24, 2.45) is 10.7 Å². The van der Waals surface area contributed by atoms with Crippen LogP contribution in [0.3, 0.4) is 0 Å². The number of nitrogens with two attached hydrogens (primary N) is 1. The number of nitrogens with zero attached hydrogens (tertiary/aromatic N) is 2. The zero-order valence-corrected chi connectivity index (χ0v) is 13.0. The zero-order chi connectivity index (χ0) is 16.9. The third kappa shape index (κ3) is 4.18. The van der Waals surface area contributed by atoms with Crippen molar-refractivity contribution in [2.45, 2.75) is 32.4 Å². The summed E-state index contributed by atoms with van der Waals surface area (Å²) in [7, 11) is 0. The number of hydrogen-bond donors (Lipinski definition) is 2. The highest BCUT2D eigenvalue weighted by atomic mass is 19.3. The Hall–Kier alpha value is -2.70. The molecule has 0 aliphatic heterocycles. The summed E-state index contributed by atoms with van der Waals surface area (Å²) in [4.78, 5) is 7.93. The largest absolute Gasteiger partial charge is 0.417 e. The number of anilines is 1. The molecule has 0 atom stereocenters. The molecule has 0 unspecified atom stereocenters. The summed E-state index contributed by atoms with van der Waals surface area (Å²) in [5, 5.41) is 3.05. The number of hydrogen-bond acceptors (Lipinski definition) is 3. The van der Waals surface area contributed by atoms with Gasteiger partial charge >= 0.3 is 6.61 Å². The van der Waals surface area contributed by atoms with E-state index in [0.717, 1.165) is 18.5 Å². The molecule has 1 aromatic heterocycles. The molecule has 1 aliphatic rings. The van der Waals surface area contributed by atoms with E-state index in [9.17, 15) is 8.78 Å². The van der Waals surface area contributed by atoms with Gasteiger partial charge in [0, 0.05) is 18.0 Å². The SMILES string of the molecule is NC(=NCc1ccnc(OC(F)F)c1)Nc1ccc2c(c1)CCC2. The van der Waals surface area contributed by atoms with Gasteiger partial charge in [0.2, 0.25) is 5.88 Å². The van der Waals surface area contributed by atoms with Gasteiger partial charge in [-0.15, -0.1) is 0 Å². The Labute approximate surface area is 138 Å². The highest BCUT2D eigenvalue weighted by Gasteiger charge is 2.11. The molecule has 5 nitrogen and oxygen atoms in total. The van der Waals surface area contributed by atoms with Crippen LogP contribution in [-0.4, -0.2) is 17.6 Å². The maximum absolute atomic E-state index is 12.2. The fraction of sp³-hybridized carbons (Fsp3) is 0.294. The van der Waals surface area contributed by atoms with Crippen LogP contribution in [0.4, 0.5) is 14.5 Å². The summed E-state index contributed by atoms with van der Waals surface area (Å²) in [6.07, 6.45) is 4.80. The van der Waals surface area contributed by atoms with Gasteiger partial charge in [0.15, 0.2) is 5.96 Å². The number of nitrogens with one attached hydrogen (secondary N) is 1. The van der Waals surface area contributed by atoms with Gasteiger partial charge in [0.1, 0.15) is 0 Å². The molecule has 0 bridgehead atoms. The number of halogens is 2. The van der Waals surface area contributed by atoms with Crippen LogP contribution < -0.4 is 15.8 Å². The molecule has 24 heavy (non-hydrogen) atoms. The lowest BCUT2D eigenvalue weighted by molar-refractivity contribution is -0.0528. The first-order chi connectivity index (χ1) is 11.6. The van der Waals surface area contributed by atoms with Gasteiger partial charge in [-0.2, -0.15) is 8.78 Å². The maximum atomic E-state index is 12.2. The first-order valence-electron chi connectivity index (χ1n) is 7.68. The third-order valence-corrected chi connectivity index (χ3v) is 3.81. The van der Waals surface area contributed by atoms with E-state index in [2.05, 4.69) is 32.2 Å². The average molecular weight is 332 g/mol. The van der Waals surface area contributed by atoms with Crippen molar-refractivity contribution in [2.75, 3.05) is 5.32 Å². The fourth-order valence-corrected chi connectivity index (χ4v) is 2.72. The second-order valence-corrected chi connectivity index (χ2v) is 5.54. The molecule has 126 valence electrons. The molecule has 0 fully saturated rings. The number of fused-ring (bicyclic) bond motifs is 1. The molecule has 0 saturated carbocycles. The van der Waals surface area contributed by atoms with Crippen molar-refractivity contribution in [3.63, 3.8) is 0 Å². The van der Waals surface area contributed by atoms with Crippen molar-refractivity contribution < 1.29 is 13.5 Å². The van der Waals surface area contributed by atoms with E-state index >= 15 is 0 Å². The maximum Gasteiger partial charge on any atom is 0.388 e. The minimum absolute atomic E-state index is 0.136. The minimum atomic E-state index is -2.90. The highest BCUT2D eigenvalue weighted by Crippen LogP contribution is 2.24. The molecule has 0 spiro atoms. The van der Waals surface area contributed by atoms with Gasteiger partial charge in [-0.05, 0) is 54.2 Å². The molecule has 1 aliphatic carbocycles. The second kappa shape index (κ2) is 7.25. The topological polar surface area (TPSA) is 72.5 Å². The van der Waals surface area contributed by atoms with Gasteiger partial charge in [-0.3, -0.25) is 0 Å². The Kier molecular flexibility index (Phi) is 4.88. The lowest BCUT2D eigenvalue weighted by Gasteiger charge is -2.08. The fourth-order valence-electron chi connectivity index (χ4n) is 2.72. The van der Waals surface area contributed by atoms with E-state index in [1.54, 1.807) is 6.07 Å². The Balaban J connectivity index is 1.62. The number of rotatable bonds is 5. The molecule has 0 saturated heterocycles. The van der Waals surface area contributed by atoms with E-state index in [4.69, 9.17) is 5.73 Å². The van der Waals surface area contributed by atoms with Crippen LogP contribution >= 0.6 is 0 Å². The average Bonchev–Trinajstić information content (AvgIpc) is 3.00. The van der Waals surface area contributed by atoms with Crippen molar-refractivity contribution in [3.05, 3.63) is 53.2 Å². The van der Waals surface area contributed by atoms with Crippen LogP contribution in [0.5, 0.6) is 5.88 Å². The minimum Gasteiger partial charge on any atom is -0.417 e. The van der Waals surface area contributed by atoms with E-state index < -0.39 is 6.61 Å². The normalized spacial score (nSPS) is 13.9. The number of ether oxygens (including phenoxy) is 1. The third-order valence-electron chi connectivity index (χ3n) is 3.81. The Morgan fingerprint density at radius 3 is 2.92 bits per heavy atom. The Morgan fingerprint density at radius 1 is 1.25 bits per heavy atom. The summed E-state index contributed by atoms with van der Waals surface area (Å²) >= 11 is 0. The summed E-state index contributed by atoms with van der Waals surface area (Å²) < 4.78 is 28.6. The number of alkyl halides is 2. The standard InChI is InChI=1S/C17H18F2N4O/c18-16(19)24-15-8-11(6-7-21-15)10-22-17(20)23-14-5-4-12-2-1-3-13(12)9-14/h4-9,16H,1-3,10H2,(H3,20,22,23). The molecule has 3 rings (SSSR count). The predicted octanol–water partition coefficient (Wildman–Crippen LogP) is 3.10. The quantitative estimate of drug-likeness (QED) is 0.652. The number of aromatic nitrogens is 1. The summed E-state index contributed by atoms with van der Waals surface area (Å²) in [6, 6.07) is 9.26. The van der Waals surface area contributed by atoms with E-state index in [1.165, 1.54) is 29.8 Å². The molecule has 2 aromatic rings.